The Kier molecular flexibility index (Phi) is 7.07. The lowest BCUT2D eigenvalue weighted by atomic mass is 10.1. The van der Waals surface area contributed by atoms with Gasteiger partial charge in [-0.2, -0.15) is 22.7 Å². The maximum Gasteiger partial charge on any atom is 0.284 e. The second-order valence-electron chi connectivity index (χ2n) is 9.46. The summed E-state index contributed by atoms with van der Waals surface area (Å²) in [6, 6.07) is 19.9. The van der Waals surface area contributed by atoms with Crippen molar-refractivity contribution in [1.82, 2.24) is 28.7 Å². The van der Waals surface area contributed by atoms with E-state index in [1.807, 2.05) is 42.5 Å². The van der Waals surface area contributed by atoms with Crippen molar-refractivity contribution in [3.8, 4) is 17.0 Å². The number of benzene rings is 2. The van der Waals surface area contributed by atoms with Gasteiger partial charge in [0.2, 0.25) is 0 Å². The molecule has 11 heteroatoms. The van der Waals surface area contributed by atoms with Crippen molar-refractivity contribution in [2.75, 3.05) is 26.2 Å². The van der Waals surface area contributed by atoms with E-state index in [4.69, 9.17) is 21.4 Å². The van der Waals surface area contributed by atoms with Gasteiger partial charge in [-0.05, 0) is 67.9 Å². The Balaban J connectivity index is 1.18. The first-order valence-electron chi connectivity index (χ1n) is 12.8. The number of halogens is 1. The first-order valence-corrected chi connectivity index (χ1v) is 14.6. The van der Waals surface area contributed by atoms with E-state index in [2.05, 4.69) is 15.0 Å². The van der Waals surface area contributed by atoms with Crippen molar-refractivity contribution in [2.24, 2.45) is 0 Å². The zero-order chi connectivity index (χ0) is 26.8. The molecule has 1 fully saturated rings. The third kappa shape index (κ3) is 5.40. The molecule has 1 aliphatic heterocycles. The summed E-state index contributed by atoms with van der Waals surface area (Å²) in [5.74, 6) is 1.51. The average molecular weight is 563 g/mol. The summed E-state index contributed by atoms with van der Waals surface area (Å²) < 4.78 is 34.7. The van der Waals surface area contributed by atoms with E-state index >= 15 is 0 Å². The van der Waals surface area contributed by atoms with Crippen LogP contribution in [0.1, 0.15) is 24.2 Å². The Morgan fingerprint density at radius 2 is 1.74 bits per heavy atom. The van der Waals surface area contributed by atoms with E-state index in [0.29, 0.717) is 35.8 Å². The smallest absolute Gasteiger partial charge is 0.284 e. The molecule has 0 N–H and O–H groups in total. The Bertz CT molecular complexity index is 1710. The third-order valence-electron chi connectivity index (χ3n) is 6.78. The van der Waals surface area contributed by atoms with Crippen LogP contribution in [0.15, 0.2) is 84.0 Å². The molecular weight excluding hydrogens is 536 g/mol. The lowest BCUT2D eigenvalue weighted by molar-refractivity contribution is 0.238. The van der Waals surface area contributed by atoms with Crippen molar-refractivity contribution in [1.29, 1.82) is 0 Å². The number of hydrogen-bond acceptors (Lipinski definition) is 7. The molecule has 9 nitrogen and oxygen atoms in total. The lowest BCUT2D eigenvalue weighted by Gasteiger charge is -2.14. The molecular formula is C28H27ClN6O3S. The van der Waals surface area contributed by atoms with E-state index in [-0.39, 0.29) is 9.92 Å². The zero-order valence-electron chi connectivity index (χ0n) is 21.1. The molecule has 39 heavy (non-hydrogen) atoms. The lowest BCUT2D eigenvalue weighted by Crippen LogP contribution is -2.25. The van der Waals surface area contributed by atoms with E-state index < -0.39 is 10.0 Å². The summed E-state index contributed by atoms with van der Waals surface area (Å²) in [6.07, 6.45) is 6.06. The molecule has 0 aliphatic carbocycles. The molecule has 3 aromatic heterocycles. The number of nitrogens with zero attached hydrogens (tertiary/aromatic N) is 6. The van der Waals surface area contributed by atoms with Gasteiger partial charge in [0.05, 0.1) is 23.1 Å². The predicted molar refractivity (Wildman–Crippen MR) is 149 cm³/mol. The van der Waals surface area contributed by atoms with Gasteiger partial charge in [-0.1, -0.05) is 41.9 Å². The number of fused-ring (bicyclic) bond motifs is 1. The van der Waals surface area contributed by atoms with Gasteiger partial charge < -0.3 is 4.74 Å². The molecule has 0 atom stereocenters. The van der Waals surface area contributed by atoms with Crippen LogP contribution in [0.2, 0.25) is 5.02 Å². The number of likely N-dealkylation sites (tertiary alicyclic amines) is 1. The third-order valence-corrected chi connectivity index (χ3v) is 8.83. The molecule has 0 saturated carbocycles. The molecule has 0 amide bonds. The van der Waals surface area contributed by atoms with Crippen molar-refractivity contribution in [2.45, 2.75) is 24.2 Å². The average Bonchev–Trinajstić information content (AvgIpc) is 3.71. The first-order chi connectivity index (χ1) is 19.0. The fourth-order valence-corrected chi connectivity index (χ4v) is 6.37. The molecule has 1 aliphatic rings. The highest BCUT2D eigenvalue weighted by Crippen LogP contribution is 2.26. The van der Waals surface area contributed by atoms with Crippen LogP contribution >= 0.6 is 11.6 Å². The van der Waals surface area contributed by atoms with E-state index in [9.17, 15) is 8.42 Å². The molecule has 2 aromatic carbocycles. The Hall–Kier alpha value is -3.73. The highest BCUT2D eigenvalue weighted by molar-refractivity contribution is 7.90. The summed E-state index contributed by atoms with van der Waals surface area (Å²) in [5.41, 5.74) is 2.99. The minimum atomic E-state index is -3.94. The van der Waals surface area contributed by atoms with Crippen LogP contribution in [-0.4, -0.2) is 63.3 Å². The molecule has 0 spiro atoms. The quantitative estimate of drug-likeness (QED) is 0.260. The van der Waals surface area contributed by atoms with Gasteiger partial charge >= 0.3 is 0 Å². The van der Waals surface area contributed by atoms with Gasteiger partial charge in [0.25, 0.3) is 10.0 Å². The zero-order valence-corrected chi connectivity index (χ0v) is 22.7. The Morgan fingerprint density at radius 1 is 0.949 bits per heavy atom. The van der Waals surface area contributed by atoms with Gasteiger partial charge in [-0.3, -0.25) is 4.90 Å². The van der Waals surface area contributed by atoms with Crippen LogP contribution in [0.25, 0.3) is 16.9 Å². The number of ether oxygens (including phenoxy) is 1. The molecule has 5 aromatic rings. The van der Waals surface area contributed by atoms with Crippen LogP contribution in [0.3, 0.4) is 0 Å². The summed E-state index contributed by atoms with van der Waals surface area (Å²) in [4.78, 5) is 7.10. The second kappa shape index (κ2) is 10.8. The monoisotopic (exact) mass is 562 g/mol. The van der Waals surface area contributed by atoms with Gasteiger partial charge in [-0.15, -0.1) is 0 Å². The summed E-state index contributed by atoms with van der Waals surface area (Å²) in [6.45, 7) is 3.98. The molecule has 200 valence electrons. The number of hydrogen-bond donors (Lipinski definition) is 0. The molecule has 0 unspecified atom stereocenters. The minimum absolute atomic E-state index is 0.00872. The summed E-state index contributed by atoms with van der Waals surface area (Å²) in [7, 11) is -3.94. The fourth-order valence-electron chi connectivity index (χ4n) is 4.75. The fraction of sp³-hybridized carbons (Fsp3) is 0.250. The van der Waals surface area contributed by atoms with E-state index in [0.717, 1.165) is 21.9 Å². The second-order valence-corrected chi connectivity index (χ2v) is 11.6. The topological polar surface area (TPSA) is 94.6 Å². The number of pyridine rings is 1. The van der Waals surface area contributed by atoms with Crippen molar-refractivity contribution in [3.05, 3.63) is 95.5 Å². The summed E-state index contributed by atoms with van der Waals surface area (Å²) in [5, 5.41) is 8.95. The number of aromatic nitrogens is 5. The minimum Gasteiger partial charge on any atom is -0.492 e. The maximum atomic E-state index is 13.1. The standard InChI is InChI=1S/C28H27ClN6O3S/c29-24-6-1-2-8-26(24)39(36,37)34-20-22(19-30-34)25-7-5-9-28-31-27(32-35(25)28)18-21-10-12-23(13-11-21)38-17-16-33-14-3-4-15-33/h1-2,5-13,19-20H,3-4,14-18H2. The Morgan fingerprint density at radius 3 is 2.54 bits per heavy atom. The van der Waals surface area contributed by atoms with Crippen LogP contribution < -0.4 is 4.74 Å². The SMILES string of the molecule is O=S(=O)(c1ccccc1Cl)n1cc(-c2cccc3nc(Cc4ccc(OCCN5CCCC5)cc4)nn23)cn1. The van der Waals surface area contributed by atoms with Crippen molar-refractivity contribution >= 4 is 27.3 Å². The first kappa shape index (κ1) is 25.5. The molecule has 0 radical (unpaired) electrons. The highest BCUT2D eigenvalue weighted by Gasteiger charge is 2.22. The molecule has 1 saturated heterocycles. The maximum absolute atomic E-state index is 13.1. The van der Waals surface area contributed by atoms with Gasteiger partial charge in [0.15, 0.2) is 11.5 Å². The van der Waals surface area contributed by atoms with Crippen molar-refractivity contribution < 1.29 is 13.2 Å². The van der Waals surface area contributed by atoms with E-state index in [1.165, 1.54) is 50.5 Å². The summed E-state index contributed by atoms with van der Waals surface area (Å²) >= 11 is 6.13. The van der Waals surface area contributed by atoms with Crippen LogP contribution in [0.4, 0.5) is 0 Å². The van der Waals surface area contributed by atoms with Gasteiger partial charge in [-0.25, -0.2) is 9.50 Å². The van der Waals surface area contributed by atoms with Gasteiger partial charge in [0, 0.05) is 18.5 Å². The number of rotatable bonds is 9. The molecule has 6 rings (SSSR count). The van der Waals surface area contributed by atoms with Crippen LogP contribution in [-0.2, 0) is 16.4 Å². The Labute approximate surface area is 231 Å². The normalized spacial score (nSPS) is 14.3. The molecule has 4 heterocycles. The van der Waals surface area contributed by atoms with Crippen molar-refractivity contribution in [3.63, 3.8) is 0 Å². The highest BCUT2D eigenvalue weighted by atomic mass is 35.5. The van der Waals surface area contributed by atoms with Crippen LogP contribution in [0, 0.1) is 0 Å². The van der Waals surface area contributed by atoms with E-state index in [1.54, 1.807) is 16.6 Å². The van der Waals surface area contributed by atoms with Gasteiger partial charge in [0.1, 0.15) is 17.3 Å². The molecule has 0 bridgehead atoms. The predicted octanol–water partition coefficient (Wildman–Crippen LogP) is 4.55. The largest absolute Gasteiger partial charge is 0.492 e. The van der Waals surface area contributed by atoms with Crippen LogP contribution in [0.5, 0.6) is 5.75 Å².